The van der Waals surface area contributed by atoms with Gasteiger partial charge in [-0.25, -0.2) is 4.39 Å². The van der Waals surface area contributed by atoms with Crippen molar-refractivity contribution in [2.75, 3.05) is 5.88 Å². The van der Waals surface area contributed by atoms with Crippen LogP contribution in [-0.4, -0.2) is 5.88 Å². The number of halogens is 2. The summed E-state index contributed by atoms with van der Waals surface area (Å²) in [5, 5.41) is 0. The van der Waals surface area contributed by atoms with Crippen molar-refractivity contribution in [3.8, 4) is 0 Å². The van der Waals surface area contributed by atoms with Crippen LogP contribution in [0.25, 0.3) is 0 Å². The molecule has 2 heteroatoms. The molecule has 0 aliphatic rings. The lowest BCUT2D eigenvalue weighted by Gasteiger charge is -2.21. The van der Waals surface area contributed by atoms with Crippen LogP contribution in [-0.2, 0) is 6.42 Å². The molecular weight excluding hydrogens is 259 g/mol. The van der Waals surface area contributed by atoms with Crippen LogP contribution in [0.1, 0.15) is 51.5 Å². The zero-order valence-electron chi connectivity index (χ0n) is 12.2. The minimum atomic E-state index is -0.149. The van der Waals surface area contributed by atoms with Crippen molar-refractivity contribution in [3.05, 3.63) is 35.6 Å². The van der Waals surface area contributed by atoms with E-state index in [1.165, 1.54) is 31.7 Å². The first-order valence-electron chi connectivity index (χ1n) is 7.49. The molecule has 0 saturated carbocycles. The molecule has 1 aromatic rings. The third-order valence-corrected chi connectivity index (χ3v) is 4.28. The van der Waals surface area contributed by atoms with Gasteiger partial charge in [-0.1, -0.05) is 51.7 Å². The zero-order chi connectivity index (χ0) is 14.1. The van der Waals surface area contributed by atoms with Crippen molar-refractivity contribution < 1.29 is 4.39 Å². The molecular formula is C17H26ClF. The molecule has 0 amide bonds. The van der Waals surface area contributed by atoms with Crippen LogP contribution in [0.5, 0.6) is 0 Å². The van der Waals surface area contributed by atoms with Gasteiger partial charge < -0.3 is 0 Å². The van der Waals surface area contributed by atoms with Crippen LogP contribution in [0.15, 0.2) is 24.3 Å². The molecule has 0 aliphatic heterocycles. The number of benzene rings is 1. The van der Waals surface area contributed by atoms with Gasteiger partial charge >= 0.3 is 0 Å². The molecule has 19 heavy (non-hydrogen) atoms. The first-order chi connectivity index (χ1) is 9.19. The van der Waals surface area contributed by atoms with E-state index in [9.17, 15) is 4.39 Å². The molecule has 0 nitrogen and oxygen atoms in total. The maximum Gasteiger partial charge on any atom is 0.123 e. The molecule has 2 atom stereocenters. The molecule has 0 bridgehead atoms. The lowest BCUT2D eigenvalue weighted by molar-refractivity contribution is 0.353. The normalized spacial score (nSPS) is 14.3. The van der Waals surface area contributed by atoms with Crippen LogP contribution < -0.4 is 0 Å². The van der Waals surface area contributed by atoms with E-state index in [0.717, 1.165) is 24.3 Å². The van der Waals surface area contributed by atoms with E-state index in [1.807, 2.05) is 6.07 Å². The summed E-state index contributed by atoms with van der Waals surface area (Å²) >= 11 is 6.10. The van der Waals surface area contributed by atoms with E-state index in [-0.39, 0.29) is 5.82 Å². The van der Waals surface area contributed by atoms with Crippen molar-refractivity contribution in [2.45, 2.75) is 52.4 Å². The van der Waals surface area contributed by atoms with E-state index in [2.05, 4.69) is 13.8 Å². The fourth-order valence-electron chi connectivity index (χ4n) is 2.65. The highest BCUT2D eigenvalue weighted by atomic mass is 35.5. The summed E-state index contributed by atoms with van der Waals surface area (Å²) in [6, 6.07) is 6.90. The Bertz CT molecular complexity index is 351. The molecule has 108 valence electrons. The summed E-state index contributed by atoms with van der Waals surface area (Å²) in [6.45, 7) is 4.49. The van der Waals surface area contributed by atoms with Crippen LogP contribution in [0.3, 0.4) is 0 Å². The van der Waals surface area contributed by atoms with Gasteiger partial charge in [0.1, 0.15) is 5.82 Å². The number of hydrogen-bond acceptors (Lipinski definition) is 0. The fraction of sp³-hybridized carbons (Fsp3) is 0.647. The summed E-state index contributed by atoms with van der Waals surface area (Å²) in [6.07, 6.45) is 7.12. The van der Waals surface area contributed by atoms with Crippen molar-refractivity contribution >= 4 is 11.6 Å². The lowest BCUT2D eigenvalue weighted by atomic mass is 9.86. The van der Waals surface area contributed by atoms with Gasteiger partial charge in [0.15, 0.2) is 0 Å². The first kappa shape index (κ1) is 16.5. The lowest BCUT2D eigenvalue weighted by Crippen LogP contribution is -2.13. The van der Waals surface area contributed by atoms with Gasteiger partial charge in [0, 0.05) is 5.88 Å². The SMILES string of the molecule is CCCCC(CC)CC(CCl)Cc1cccc(F)c1. The Morgan fingerprint density at radius 1 is 1.21 bits per heavy atom. The minimum Gasteiger partial charge on any atom is -0.207 e. The largest absolute Gasteiger partial charge is 0.207 e. The molecule has 0 radical (unpaired) electrons. The Labute approximate surface area is 122 Å². The Hall–Kier alpha value is -0.560. The molecule has 1 rings (SSSR count). The Morgan fingerprint density at radius 2 is 2.00 bits per heavy atom. The van der Waals surface area contributed by atoms with E-state index < -0.39 is 0 Å². The smallest absolute Gasteiger partial charge is 0.123 e. The molecule has 0 N–H and O–H groups in total. The topological polar surface area (TPSA) is 0 Å². The van der Waals surface area contributed by atoms with E-state index in [0.29, 0.717) is 11.8 Å². The Morgan fingerprint density at radius 3 is 2.58 bits per heavy atom. The highest BCUT2D eigenvalue weighted by molar-refractivity contribution is 6.18. The fourth-order valence-corrected chi connectivity index (χ4v) is 2.89. The summed E-state index contributed by atoms with van der Waals surface area (Å²) < 4.78 is 13.2. The predicted octanol–water partition coefficient (Wildman–Crippen LogP) is 5.83. The molecule has 0 heterocycles. The van der Waals surface area contributed by atoms with Crippen LogP contribution in [0.4, 0.5) is 4.39 Å². The van der Waals surface area contributed by atoms with Crippen LogP contribution in [0.2, 0.25) is 0 Å². The quantitative estimate of drug-likeness (QED) is 0.501. The standard InChI is InChI=1S/C17H26ClF/c1-3-5-7-14(4-2)10-16(13-18)11-15-8-6-9-17(19)12-15/h6,8-9,12,14,16H,3-5,7,10-11,13H2,1-2H3. The average molecular weight is 285 g/mol. The first-order valence-corrected chi connectivity index (χ1v) is 8.03. The summed E-state index contributed by atoms with van der Waals surface area (Å²) in [5.74, 6) is 1.74. The zero-order valence-corrected chi connectivity index (χ0v) is 12.9. The monoisotopic (exact) mass is 284 g/mol. The molecule has 2 unspecified atom stereocenters. The highest BCUT2D eigenvalue weighted by Gasteiger charge is 2.15. The maximum atomic E-state index is 13.2. The molecule has 0 spiro atoms. The van der Waals surface area contributed by atoms with Crippen molar-refractivity contribution in [1.29, 1.82) is 0 Å². The summed E-state index contributed by atoms with van der Waals surface area (Å²) in [7, 11) is 0. The van der Waals surface area contributed by atoms with E-state index >= 15 is 0 Å². The van der Waals surface area contributed by atoms with Gasteiger partial charge in [0.25, 0.3) is 0 Å². The van der Waals surface area contributed by atoms with Gasteiger partial charge in [0.2, 0.25) is 0 Å². The van der Waals surface area contributed by atoms with Gasteiger partial charge in [-0.3, -0.25) is 0 Å². The summed E-state index contributed by atoms with van der Waals surface area (Å²) in [4.78, 5) is 0. The number of hydrogen-bond donors (Lipinski definition) is 0. The molecule has 0 fully saturated rings. The molecule has 0 saturated heterocycles. The second-order valence-corrected chi connectivity index (χ2v) is 5.82. The van der Waals surface area contributed by atoms with Crippen molar-refractivity contribution in [3.63, 3.8) is 0 Å². The van der Waals surface area contributed by atoms with Crippen molar-refractivity contribution in [1.82, 2.24) is 0 Å². The van der Waals surface area contributed by atoms with Gasteiger partial charge in [-0.15, -0.1) is 11.6 Å². The van der Waals surface area contributed by atoms with Crippen LogP contribution in [0, 0.1) is 17.7 Å². The molecule has 1 aromatic carbocycles. The molecule has 0 aliphatic carbocycles. The van der Waals surface area contributed by atoms with E-state index in [4.69, 9.17) is 11.6 Å². The third-order valence-electron chi connectivity index (χ3n) is 3.84. The maximum absolute atomic E-state index is 13.2. The Kier molecular flexibility index (Phi) is 8.13. The van der Waals surface area contributed by atoms with Gasteiger partial charge in [-0.05, 0) is 42.4 Å². The highest BCUT2D eigenvalue weighted by Crippen LogP contribution is 2.25. The van der Waals surface area contributed by atoms with Crippen molar-refractivity contribution in [2.24, 2.45) is 11.8 Å². The summed E-state index contributed by atoms with van der Waals surface area (Å²) in [5.41, 5.74) is 1.07. The Balaban J connectivity index is 2.52. The third kappa shape index (κ3) is 6.42. The minimum absolute atomic E-state index is 0.149. The van der Waals surface area contributed by atoms with E-state index in [1.54, 1.807) is 12.1 Å². The van der Waals surface area contributed by atoms with Crippen LogP contribution >= 0.6 is 11.6 Å². The number of alkyl halides is 1. The van der Waals surface area contributed by atoms with Gasteiger partial charge in [0.05, 0.1) is 0 Å². The predicted molar refractivity (Wildman–Crippen MR) is 82.2 cm³/mol. The van der Waals surface area contributed by atoms with Gasteiger partial charge in [-0.2, -0.15) is 0 Å². The second kappa shape index (κ2) is 9.36. The average Bonchev–Trinajstić information content (AvgIpc) is 2.42. The molecule has 0 aromatic heterocycles. The number of rotatable bonds is 9. The second-order valence-electron chi connectivity index (χ2n) is 5.51. The number of unbranched alkanes of at least 4 members (excludes halogenated alkanes) is 1.